The van der Waals surface area contributed by atoms with E-state index in [0.29, 0.717) is 6.61 Å². The first-order valence-electron chi connectivity index (χ1n) is 6.12. The standard InChI is InChI=1S/C15H17ClO2/c1-3-17-15(11(2)16)18-14-9-8-12-6-4-5-7-13(12)10-14/h4-11,15H,3H2,1-2H3. The third-order valence-corrected chi connectivity index (χ3v) is 2.88. The van der Waals surface area contributed by atoms with Crippen LogP contribution < -0.4 is 4.74 Å². The molecule has 0 fully saturated rings. The van der Waals surface area contributed by atoms with Crippen molar-refractivity contribution in [3.8, 4) is 5.75 Å². The van der Waals surface area contributed by atoms with Crippen molar-refractivity contribution in [1.29, 1.82) is 0 Å². The van der Waals surface area contributed by atoms with Crippen LogP contribution in [-0.4, -0.2) is 18.3 Å². The number of hydrogen-bond donors (Lipinski definition) is 0. The van der Waals surface area contributed by atoms with E-state index in [2.05, 4.69) is 12.1 Å². The molecule has 2 atom stereocenters. The highest BCUT2D eigenvalue weighted by atomic mass is 35.5. The van der Waals surface area contributed by atoms with Crippen molar-refractivity contribution < 1.29 is 9.47 Å². The van der Waals surface area contributed by atoms with Gasteiger partial charge in [-0.15, -0.1) is 11.6 Å². The van der Waals surface area contributed by atoms with Crippen LogP contribution in [0.2, 0.25) is 0 Å². The van der Waals surface area contributed by atoms with Crippen LogP contribution in [0.1, 0.15) is 13.8 Å². The SMILES string of the molecule is CCOC(Oc1ccc2ccccc2c1)C(C)Cl. The minimum absolute atomic E-state index is 0.198. The number of rotatable bonds is 5. The zero-order valence-corrected chi connectivity index (χ0v) is 11.4. The second-order valence-corrected chi connectivity index (χ2v) is 4.82. The van der Waals surface area contributed by atoms with E-state index >= 15 is 0 Å². The van der Waals surface area contributed by atoms with Gasteiger partial charge < -0.3 is 9.47 Å². The number of benzene rings is 2. The lowest BCUT2D eigenvalue weighted by atomic mass is 10.1. The van der Waals surface area contributed by atoms with Gasteiger partial charge in [0.1, 0.15) is 5.75 Å². The van der Waals surface area contributed by atoms with Gasteiger partial charge in [0.25, 0.3) is 0 Å². The van der Waals surface area contributed by atoms with Gasteiger partial charge in [0.2, 0.25) is 6.29 Å². The summed E-state index contributed by atoms with van der Waals surface area (Å²) in [6.45, 7) is 4.37. The molecule has 0 aliphatic rings. The monoisotopic (exact) mass is 264 g/mol. The Morgan fingerprint density at radius 2 is 1.83 bits per heavy atom. The van der Waals surface area contributed by atoms with Crippen LogP contribution in [0.4, 0.5) is 0 Å². The quantitative estimate of drug-likeness (QED) is 0.595. The molecule has 0 aliphatic heterocycles. The fraction of sp³-hybridized carbons (Fsp3) is 0.333. The minimum atomic E-state index is -0.419. The zero-order chi connectivity index (χ0) is 13.0. The number of alkyl halides is 1. The maximum Gasteiger partial charge on any atom is 0.216 e. The highest BCUT2D eigenvalue weighted by Gasteiger charge is 2.16. The first kappa shape index (κ1) is 13.2. The van der Waals surface area contributed by atoms with Gasteiger partial charge in [0.05, 0.1) is 5.38 Å². The lowest BCUT2D eigenvalue weighted by Crippen LogP contribution is -2.28. The number of hydrogen-bond acceptors (Lipinski definition) is 2. The topological polar surface area (TPSA) is 18.5 Å². The second kappa shape index (κ2) is 6.07. The molecule has 0 saturated carbocycles. The molecule has 2 nitrogen and oxygen atoms in total. The molecule has 0 heterocycles. The third-order valence-electron chi connectivity index (χ3n) is 2.68. The molecule has 0 radical (unpaired) electrons. The van der Waals surface area contributed by atoms with Crippen molar-refractivity contribution in [1.82, 2.24) is 0 Å². The Bertz CT molecular complexity index is 511. The lowest BCUT2D eigenvalue weighted by molar-refractivity contribution is -0.0739. The van der Waals surface area contributed by atoms with Crippen molar-refractivity contribution >= 4 is 22.4 Å². The van der Waals surface area contributed by atoms with Gasteiger partial charge in [-0.2, -0.15) is 0 Å². The first-order valence-corrected chi connectivity index (χ1v) is 6.55. The fourth-order valence-electron chi connectivity index (χ4n) is 1.80. The van der Waals surface area contributed by atoms with Gasteiger partial charge in [0.15, 0.2) is 0 Å². The molecule has 3 heteroatoms. The van der Waals surface area contributed by atoms with E-state index in [-0.39, 0.29) is 5.38 Å². The summed E-state index contributed by atoms with van der Waals surface area (Å²) in [6, 6.07) is 14.1. The molecule has 0 N–H and O–H groups in total. The summed E-state index contributed by atoms with van der Waals surface area (Å²) in [5.74, 6) is 0.777. The highest BCUT2D eigenvalue weighted by molar-refractivity contribution is 6.20. The van der Waals surface area contributed by atoms with Crippen LogP contribution in [-0.2, 0) is 4.74 Å². The molecule has 0 aromatic heterocycles. The van der Waals surface area contributed by atoms with E-state index in [1.54, 1.807) is 0 Å². The smallest absolute Gasteiger partial charge is 0.216 e. The number of halogens is 1. The maximum atomic E-state index is 6.04. The molecule has 2 aromatic carbocycles. The molecule has 0 aliphatic carbocycles. The van der Waals surface area contributed by atoms with Gasteiger partial charge in [0, 0.05) is 6.61 Å². The molecule has 18 heavy (non-hydrogen) atoms. The third kappa shape index (κ3) is 3.15. The Hall–Kier alpha value is -1.25. The Labute approximate surface area is 112 Å². The lowest BCUT2D eigenvalue weighted by Gasteiger charge is -2.21. The van der Waals surface area contributed by atoms with Crippen molar-refractivity contribution in [2.75, 3.05) is 6.61 Å². The van der Waals surface area contributed by atoms with Gasteiger partial charge in [-0.05, 0) is 36.8 Å². The van der Waals surface area contributed by atoms with E-state index in [4.69, 9.17) is 21.1 Å². The van der Waals surface area contributed by atoms with Crippen LogP contribution >= 0.6 is 11.6 Å². The zero-order valence-electron chi connectivity index (χ0n) is 10.6. The van der Waals surface area contributed by atoms with Crippen molar-refractivity contribution in [3.05, 3.63) is 42.5 Å². The molecule has 2 unspecified atom stereocenters. The summed E-state index contributed by atoms with van der Waals surface area (Å²) < 4.78 is 11.2. The van der Waals surface area contributed by atoms with Crippen LogP contribution in [0.15, 0.2) is 42.5 Å². The molecule has 2 aromatic rings. The maximum absolute atomic E-state index is 6.04. The highest BCUT2D eigenvalue weighted by Crippen LogP contribution is 2.23. The predicted molar refractivity (Wildman–Crippen MR) is 75.3 cm³/mol. The Morgan fingerprint density at radius 1 is 1.11 bits per heavy atom. The molecule has 0 bridgehead atoms. The van der Waals surface area contributed by atoms with Gasteiger partial charge >= 0.3 is 0 Å². The van der Waals surface area contributed by atoms with Crippen LogP contribution in [0, 0.1) is 0 Å². The van der Waals surface area contributed by atoms with Gasteiger partial charge in [-0.3, -0.25) is 0 Å². The average Bonchev–Trinajstić information content (AvgIpc) is 2.38. The predicted octanol–water partition coefficient (Wildman–Crippen LogP) is 4.21. The first-order chi connectivity index (χ1) is 8.70. The fourth-order valence-corrected chi connectivity index (χ4v) is 1.92. The van der Waals surface area contributed by atoms with Crippen LogP contribution in [0.25, 0.3) is 10.8 Å². The molecule has 96 valence electrons. The van der Waals surface area contributed by atoms with Gasteiger partial charge in [-0.1, -0.05) is 30.3 Å². The molecule has 0 amide bonds. The summed E-state index contributed by atoms with van der Waals surface area (Å²) in [6.07, 6.45) is -0.419. The van der Waals surface area contributed by atoms with Gasteiger partial charge in [-0.25, -0.2) is 0 Å². The van der Waals surface area contributed by atoms with E-state index in [0.717, 1.165) is 11.1 Å². The van der Waals surface area contributed by atoms with E-state index < -0.39 is 6.29 Å². The summed E-state index contributed by atoms with van der Waals surface area (Å²) in [5.41, 5.74) is 0. The summed E-state index contributed by atoms with van der Waals surface area (Å²) >= 11 is 6.04. The molecular weight excluding hydrogens is 248 g/mol. The largest absolute Gasteiger partial charge is 0.463 e. The number of fused-ring (bicyclic) bond motifs is 1. The molecule has 0 saturated heterocycles. The Morgan fingerprint density at radius 3 is 2.50 bits per heavy atom. The van der Waals surface area contributed by atoms with E-state index in [1.165, 1.54) is 5.39 Å². The molecule has 0 spiro atoms. The normalized spacial score (nSPS) is 14.4. The summed E-state index contributed by atoms with van der Waals surface area (Å²) in [7, 11) is 0. The average molecular weight is 265 g/mol. The van der Waals surface area contributed by atoms with Crippen molar-refractivity contribution in [2.45, 2.75) is 25.5 Å². The van der Waals surface area contributed by atoms with Crippen molar-refractivity contribution in [2.24, 2.45) is 0 Å². The summed E-state index contributed by atoms with van der Waals surface area (Å²) in [4.78, 5) is 0. The summed E-state index contributed by atoms with van der Waals surface area (Å²) in [5, 5.41) is 2.14. The van der Waals surface area contributed by atoms with Crippen molar-refractivity contribution in [3.63, 3.8) is 0 Å². The minimum Gasteiger partial charge on any atom is -0.463 e. The Kier molecular flexibility index (Phi) is 4.45. The van der Waals surface area contributed by atoms with E-state index in [9.17, 15) is 0 Å². The van der Waals surface area contributed by atoms with E-state index in [1.807, 2.05) is 44.2 Å². The number of ether oxygens (including phenoxy) is 2. The molecular formula is C15H17ClO2. The molecule has 2 rings (SSSR count). The van der Waals surface area contributed by atoms with Crippen LogP contribution in [0.3, 0.4) is 0 Å². The second-order valence-electron chi connectivity index (χ2n) is 4.13. The Balaban J connectivity index is 2.20. The van der Waals surface area contributed by atoms with Crippen LogP contribution in [0.5, 0.6) is 5.75 Å².